The molecule has 10 heteroatoms. The average molecular weight is 263 g/mol. The van der Waals surface area contributed by atoms with E-state index in [0.717, 1.165) is 16.4 Å². The highest BCUT2D eigenvalue weighted by Crippen LogP contribution is 2.22. The maximum atomic E-state index is 10.6. The van der Waals surface area contributed by atoms with E-state index in [9.17, 15) is 4.79 Å². The van der Waals surface area contributed by atoms with Gasteiger partial charge in [-0.15, -0.1) is 5.10 Å². The highest BCUT2D eigenvalue weighted by Gasteiger charge is 2.11. The molecule has 9 nitrogen and oxygen atoms in total. The standard InChI is InChI=1S/C8H5N7O2S/c9-1-5-2-11-6(3-10-5)18-8-12-13-14-15(8)4-7(16)17/h2-3H,4H2,(H,16,17). The zero-order valence-electron chi connectivity index (χ0n) is 8.76. The fourth-order valence-electron chi connectivity index (χ4n) is 1.02. The van der Waals surface area contributed by atoms with Gasteiger partial charge in [-0.25, -0.2) is 14.6 Å². The summed E-state index contributed by atoms with van der Waals surface area (Å²) in [5.74, 6) is -1.05. The molecular weight excluding hydrogens is 258 g/mol. The van der Waals surface area contributed by atoms with Gasteiger partial charge in [0.2, 0.25) is 5.16 Å². The lowest BCUT2D eigenvalue weighted by atomic mass is 10.5. The van der Waals surface area contributed by atoms with Crippen molar-refractivity contribution < 1.29 is 9.90 Å². The Morgan fingerprint density at radius 3 is 2.94 bits per heavy atom. The van der Waals surface area contributed by atoms with Gasteiger partial charge in [0.15, 0.2) is 5.69 Å². The van der Waals surface area contributed by atoms with Gasteiger partial charge in [-0.2, -0.15) is 5.26 Å². The van der Waals surface area contributed by atoms with Crippen LogP contribution in [-0.4, -0.2) is 41.3 Å². The summed E-state index contributed by atoms with van der Waals surface area (Å²) in [5.41, 5.74) is 0.199. The number of carbonyl (C=O) groups is 1. The van der Waals surface area contributed by atoms with Gasteiger partial charge in [-0.1, -0.05) is 0 Å². The Hall–Kier alpha value is -2.54. The molecular formula is C8H5N7O2S. The minimum atomic E-state index is -1.05. The van der Waals surface area contributed by atoms with Gasteiger partial charge in [0.1, 0.15) is 17.6 Å². The van der Waals surface area contributed by atoms with Crippen molar-refractivity contribution in [3.63, 3.8) is 0 Å². The molecule has 0 saturated heterocycles. The molecule has 0 aromatic carbocycles. The minimum absolute atomic E-state index is 0.199. The van der Waals surface area contributed by atoms with Gasteiger partial charge in [0.25, 0.3) is 0 Å². The van der Waals surface area contributed by atoms with Gasteiger partial charge in [0.05, 0.1) is 12.4 Å². The van der Waals surface area contributed by atoms with E-state index in [4.69, 9.17) is 10.4 Å². The van der Waals surface area contributed by atoms with Crippen LogP contribution in [0.2, 0.25) is 0 Å². The lowest BCUT2D eigenvalue weighted by Crippen LogP contribution is -2.11. The maximum absolute atomic E-state index is 10.6. The predicted octanol–water partition coefficient (Wildman–Crippen LogP) is -0.429. The topological polar surface area (TPSA) is 130 Å². The van der Waals surface area contributed by atoms with Gasteiger partial charge >= 0.3 is 5.97 Å². The van der Waals surface area contributed by atoms with Crippen LogP contribution in [0.15, 0.2) is 22.6 Å². The molecule has 0 radical (unpaired) electrons. The summed E-state index contributed by atoms with van der Waals surface area (Å²) >= 11 is 1.06. The highest BCUT2D eigenvalue weighted by atomic mass is 32.2. The Balaban J connectivity index is 2.16. The van der Waals surface area contributed by atoms with Crippen molar-refractivity contribution in [2.45, 2.75) is 16.7 Å². The van der Waals surface area contributed by atoms with Crippen molar-refractivity contribution in [2.75, 3.05) is 0 Å². The van der Waals surface area contributed by atoms with Crippen LogP contribution in [0.25, 0.3) is 0 Å². The molecule has 90 valence electrons. The molecule has 2 aromatic rings. The first-order valence-electron chi connectivity index (χ1n) is 4.57. The van der Waals surface area contributed by atoms with E-state index >= 15 is 0 Å². The first kappa shape index (κ1) is 11.9. The average Bonchev–Trinajstić information content (AvgIpc) is 2.77. The summed E-state index contributed by atoms with van der Waals surface area (Å²) in [6, 6.07) is 1.84. The van der Waals surface area contributed by atoms with Crippen LogP contribution in [0.3, 0.4) is 0 Å². The third kappa shape index (κ3) is 2.77. The molecule has 0 aliphatic heterocycles. The zero-order valence-corrected chi connectivity index (χ0v) is 9.57. The van der Waals surface area contributed by atoms with Crippen LogP contribution in [-0.2, 0) is 11.3 Å². The number of rotatable bonds is 4. The molecule has 2 aromatic heterocycles. The van der Waals surface area contributed by atoms with E-state index in [2.05, 4.69) is 25.5 Å². The lowest BCUT2D eigenvalue weighted by Gasteiger charge is -2.00. The van der Waals surface area contributed by atoms with Crippen molar-refractivity contribution >= 4 is 17.7 Å². The summed E-state index contributed by atoms with van der Waals surface area (Å²) in [4.78, 5) is 18.4. The van der Waals surface area contributed by atoms with Crippen LogP contribution in [0.5, 0.6) is 0 Å². The second-order valence-electron chi connectivity index (χ2n) is 2.97. The van der Waals surface area contributed by atoms with Crippen molar-refractivity contribution in [3.8, 4) is 6.07 Å². The van der Waals surface area contributed by atoms with Crippen molar-refractivity contribution in [3.05, 3.63) is 18.1 Å². The van der Waals surface area contributed by atoms with E-state index in [1.807, 2.05) is 6.07 Å². The normalized spacial score (nSPS) is 9.94. The van der Waals surface area contributed by atoms with Crippen LogP contribution in [0, 0.1) is 11.3 Å². The fourth-order valence-corrected chi connectivity index (χ4v) is 1.70. The number of aromatic nitrogens is 6. The van der Waals surface area contributed by atoms with Crippen molar-refractivity contribution in [1.82, 2.24) is 30.2 Å². The highest BCUT2D eigenvalue weighted by molar-refractivity contribution is 7.99. The van der Waals surface area contributed by atoms with Crippen LogP contribution in [0.1, 0.15) is 5.69 Å². The van der Waals surface area contributed by atoms with E-state index in [-0.39, 0.29) is 17.4 Å². The molecule has 0 saturated carbocycles. The summed E-state index contributed by atoms with van der Waals surface area (Å²) in [6.07, 6.45) is 2.71. The van der Waals surface area contributed by atoms with Gasteiger partial charge < -0.3 is 5.11 Å². The molecule has 0 fully saturated rings. The Bertz CT molecular complexity index is 603. The Kier molecular flexibility index (Phi) is 3.44. The van der Waals surface area contributed by atoms with Crippen LogP contribution >= 0.6 is 11.8 Å². The predicted molar refractivity (Wildman–Crippen MR) is 56.3 cm³/mol. The Morgan fingerprint density at radius 2 is 2.33 bits per heavy atom. The quantitative estimate of drug-likeness (QED) is 0.780. The first-order valence-corrected chi connectivity index (χ1v) is 5.38. The monoisotopic (exact) mass is 263 g/mol. The molecule has 0 bridgehead atoms. The van der Waals surface area contributed by atoms with Crippen LogP contribution in [0.4, 0.5) is 0 Å². The van der Waals surface area contributed by atoms with Gasteiger partial charge in [-0.05, 0) is 22.2 Å². The number of nitrogens with zero attached hydrogens (tertiary/aromatic N) is 7. The van der Waals surface area contributed by atoms with E-state index in [0.29, 0.717) is 5.03 Å². The SMILES string of the molecule is N#Cc1cnc(Sc2nnnn2CC(=O)O)cn1. The summed E-state index contributed by atoms with van der Waals surface area (Å²) in [5, 5.41) is 28.6. The number of hydrogen-bond donors (Lipinski definition) is 1. The van der Waals surface area contributed by atoms with Crippen molar-refractivity contribution in [1.29, 1.82) is 5.26 Å². The van der Waals surface area contributed by atoms with E-state index < -0.39 is 5.97 Å². The number of nitriles is 1. The third-order valence-electron chi connectivity index (χ3n) is 1.72. The fraction of sp³-hybridized carbons (Fsp3) is 0.125. The zero-order chi connectivity index (χ0) is 13.0. The third-order valence-corrected chi connectivity index (χ3v) is 2.62. The Morgan fingerprint density at radius 1 is 1.50 bits per heavy atom. The molecule has 2 rings (SSSR count). The van der Waals surface area contributed by atoms with Gasteiger partial charge in [0, 0.05) is 0 Å². The number of hydrogen-bond acceptors (Lipinski definition) is 8. The molecule has 0 unspecified atom stereocenters. The largest absolute Gasteiger partial charge is 0.480 e. The number of carboxylic acids is 1. The molecule has 0 aliphatic carbocycles. The molecule has 0 spiro atoms. The maximum Gasteiger partial charge on any atom is 0.325 e. The second kappa shape index (κ2) is 5.19. The second-order valence-corrected chi connectivity index (χ2v) is 3.95. The lowest BCUT2D eigenvalue weighted by molar-refractivity contribution is -0.138. The molecule has 0 amide bonds. The van der Waals surface area contributed by atoms with Crippen molar-refractivity contribution in [2.24, 2.45) is 0 Å². The molecule has 1 N–H and O–H groups in total. The first-order chi connectivity index (χ1) is 8.69. The molecule has 2 heterocycles. The summed E-state index contributed by atoms with van der Waals surface area (Å²) < 4.78 is 1.13. The smallest absolute Gasteiger partial charge is 0.325 e. The molecule has 0 atom stereocenters. The number of aliphatic carboxylic acids is 1. The minimum Gasteiger partial charge on any atom is -0.480 e. The number of carboxylic acid groups (broad SMARTS) is 1. The number of tetrazole rings is 1. The Labute approximate surface area is 104 Å². The van der Waals surface area contributed by atoms with E-state index in [1.165, 1.54) is 12.4 Å². The molecule has 18 heavy (non-hydrogen) atoms. The summed E-state index contributed by atoms with van der Waals surface area (Å²) in [6.45, 7) is -0.334. The summed E-state index contributed by atoms with van der Waals surface area (Å²) in [7, 11) is 0. The van der Waals surface area contributed by atoms with Gasteiger partial charge in [-0.3, -0.25) is 4.79 Å². The van der Waals surface area contributed by atoms with E-state index in [1.54, 1.807) is 0 Å². The molecule has 0 aliphatic rings. The van der Waals surface area contributed by atoms with Crippen LogP contribution < -0.4 is 0 Å².